The number of hydrazone groups is 1. The third kappa shape index (κ3) is 5.06. The van der Waals surface area contributed by atoms with Crippen LogP contribution in [0.2, 0.25) is 10.0 Å². The van der Waals surface area contributed by atoms with Gasteiger partial charge in [0.15, 0.2) is 6.10 Å². The highest BCUT2D eigenvalue weighted by Gasteiger charge is 2.13. The van der Waals surface area contributed by atoms with Crippen molar-refractivity contribution in [3.8, 4) is 5.75 Å². The molecule has 0 aliphatic carbocycles. The monoisotopic (exact) mass is 336 g/mol. The Morgan fingerprint density at radius 3 is 2.23 bits per heavy atom. The molecular weight excluding hydrogens is 323 g/mol. The van der Waals surface area contributed by atoms with Gasteiger partial charge in [-0.05, 0) is 48.9 Å². The average molecular weight is 337 g/mol. The number of hydrogen-bond acceptors (Lipinski definition) is 3. The lowest BCUT2D eigenvalue weighted by Crippen LogP contribution is -2.33. The second kappa shape index (κ2) is 7.82. The van der Waals surface area contributed by atoms with E-state index in [-0.39, 0.29) is 5.91 Å². The first-order valence-corrected chi connectivity index (χ1v) is 7.31. The van der Waals surface area contributed by atoms with Crippen LogP contribution in [0.15, 0.2) is 53.6 Å². The van der Waals surface area contributed by atoms with Crippen molar-refractivity contribution in [3.63, 3.8) is 0 Å². The van der Waals surface area contributed by atoms with Gasteiger partial charge in [0.05, 0.1) is 6.21 Å². The van der Waals surface area contributed by atoms with Gasteiger partial charge in [0.2, 0.25) is 0 Å². The average Bonchev–Trinajstić information content (AvgIpc) is 2.51. The number of carbonyl (C=O) groups is 1. The number of rotatable bonds is 5. The third-order valence-electron chi connectivity index (χ3n) is 2.75. The second-order valence-corrected chi connectivity index (χ2v) is 5.37. The molecule has 4 nitrogen and oxygen atoms in total. The number of carbonyl (C=O) groups excluding carboxylic acids is 1. The van der Waals surface area contributed by atoms with Gasteiger partial charge in [0, 0.05) is 10.0 Å². The normalized spacial score (nSPS) is 12.1. The van der Waals surface area contributed by atoms with Crippen LogP contribution in [0.3, 0.4) is 0 Å². The van der Waals surface area contributed by atoms with Gasteiger partial charge in [0.25, 0.3) is 5.91 Å². The van der Waals surface area contributed by atoms with E-state index in [1.54, 1.807) is 55.5 Å². The summed E-state index contributed by atoms with van der Waals surface area (Å²) >= 11 is 11.6. The maximum atomic E-state index is 11.9. The molecule has 0 saturated heterocycles. The van der Waals surface area contributed by atoms with Gasteiger partial charge in [-0.2, -0.15) is 5.10 Å². The Hall–Kier alpha value is -2.04. The number of halogens is 2. The van der Waals surface area contributed by atoms with Crippen LogP contribution in [0, 0.1) is 0 Å². The van der Waals surface area contributed by atoms with E-state index < -0.39 is 6.10 Å². The number of nitrogens with zero attached hydrogens (tertiary/aromatic N) is 1. The summed E-state index contributed by atoms with van der Waals surface area (Å²) in [5, 5.41) is 5.13. The Bertz CT molecular complexity index is 655. The number of benzene rings is 2. The summed E-state index contributed by atoms with van der Waals surface area (Å²) in [6.45, 7) is 1.64. The molecule has 2 aromatic rings. The van der Waals surface area contributed by atoms with E-state index in [0.29, 0.717) is 15.8 Å². The molecule has 114 valence electrons. The number of amides is 1. The lowest BCUT2D eigenvalue weighted by atomic mass is 10.2. The lowest BCUT2D eigenvalue weighted by molar-refractivity contribution is -0.127. The molecule has 2 rings (SSSR count). The van der Waals surface area contributed by atoms with E-state index in [0.717, 1.165) is 5.56 Å². The van der Waals surface area contributed by atoms with Gasteiger partial charge >= 0.3 is 0 Å². The summed E-state index contributed by atoms with van der Waals surface area (Å²) in [5.41, 5.74) is 3.25. The molecule has 0 aliphatic rings. The largest absolute Gasteiger partial charge is 0.481 e. The Labute approximate surface area is 138 Å². The first kappa shape index (κ1) is 16.3. The van der Waals surface area contributed by atoms with Gasteiger partial charge in [-0.25, -0.2) is 5.43 Å². The molecule has 1 amide bonds. The predicted octanol–water partition coefficient (Wildman–Crippen LogP) is 3.91. The van der Waals surface area contributed by atoms with E-state index in [9.17, 15) is 4.79 Å². The molecule has 22 heavy (non-hydrogen) atoms. The minimum Gasteiger partial charge on any atom is -0.481 e. The molecule has 0 radical (unpaired) electrons. The fraction of sp³-hybridized carbons (Fsp3) is 0.125. The van der Waals surface area contributed by atoms with Crippen LogP contribution in [-0.4, -0.2) is 18.2 Å². The standard InChI is InChI=1S/C16H14Cl2N2O2/c1-11(22-15-8-6-14(18)7-9-15)16(21)20-19-10-12-2-4-13(17)5-3-12/h2-11H,1H3,(H,20,21). The van der Waals surface area contributed by atoms with Gasteiger partial charge in [-0.15, -0.1) is 0 Å². The van der Waals surface area contributed by atoms with Crippen molar-refractivity contribution in [1.29, 1.82) is 0 Å². The molecule has 0 aromatic heterocycles. The van der Waals surface area contributed by atoms with E-state index in [2.05, 4.69) is 10.5 Å². The van der Waals surface area contributed by atoms with Gasteiger partial charge in [-0.1, -0.05) is 35.3 Å². The van der Waals surface area contributed by atoms with Gasteiger partial charge in [0.1, 0.15) is 5.75 Å². The Morgan fingerprint density at radius 2 is 1.64 bits per heavy atom. The first-order valence-electron chi connectivity index (χ1n) is 6.55. The van der Waals surface area contributed by atoms with Crippen LogP contribution in [0.5, 0.6) is 5.75 Å². The fourth-order valence-electron chi connectivity index (χ4n) is 1.58. The van der Waals surface area contributed by atoms with Crippen LogP contribution in [0.1, 0.15) is 12.5 Å². The SMILES string of the molecule is CC(Oc1ccc(Cl)cc1)C(=O)NN=Cc1ccc(Cl)cc1. The Balaban J connectivity index is 1.85. The molecule has 0 heterocycles. The van der Waals surface area contributed by atoms with Crippen molar-refractivity contribution in [1.82, 2.24) is 5.43 Å². The summed E-state index contributed by atoms with van der Waals surface area (Å²) in [5.74, 6) is 0.217. The van der Waals surface area contributed by atoms with Crippen molar-refractivity contribution < 1.29 is 9.53 Å². The zero-order chi connectivity index (χ0) is 15.9. The summed E-state index contributed by atoms with van der Waals surface area (Å²) in [6.07, 6.45) is 0.854. The smallest absolute Gasteiger partial charge is 0.280 e. The summed E-state index contributed by atoms with van der Waals surface area (Å²) < 4.78 is 5.49. The third-order valence-corrected chi connectivity index (χ3v) is 3.26. The minimum atomic E-state index is -0.677. The van der Waals surface area contributed by atoms with Crippen molar-refractivity contribution >= 4 is 35.3 Å². The number of hydrogen-bond donors (Lipinski definition) is 1. The summed E-state index contributed by atoms with van der Waals surface area (Å²) in [6, 6.07) is 13.9. The highest BCUT2D eigenvalue weighted by molar-refractivity contribution is 6.30. The molecule has 1 unspecified atom stereocenters. The maximum absolute atomic E-state index is 11.9. The molecule has 1 atom stereocenters. The van der Waals surface area contributed by atoms with Crippen LogP contribution in [-0.2, 0) is 4.79 Å². The molecule has 0 bridgehead atoms. The van der Waals surface area contributed by atoms with Crippen molar-refractivity contribution in [2.75, 3.05) is 0 Å². The Kier molecular flexibility index (Phi) is 5.81. The Morgan fingerprint density at radius 1 is 1.09 bits per heavy atom. The molecule has 0 fully saturated rings. The highest BCUT2D eigenvalue weighted by atomic mass is 35.5. The van der Waals surface area contributed by atoms with Crippen LogP contribution >= 0.6 is 23.2 Å². The summed E-state index contributed by atoms with van der Waals surface area (Å²) in [7, 11) is 0. The summed E-state index contributed by atoms with van der Waals surface area (Å²) in [4.78, 5) is 11.9. The first-order chi connectivity index (χ1) is 10.5. The van der Waals surface area contributed by atoms with Gasteiger partial charge < -0.3 is 4.74 Å². The fourth-order valence-corrected chi connectivity index (χ4v) is 1.83. The van der Waals surface area contributed by atoms with Crippen LogP contribution in [0.25, 0.3) is 0 Å². The molecular formula is C16H14Cl2N2O2. The quantitative estimate of drug-likeness (QED) is 0.664. The highest BCUT2D eigenvalue weighted by Crippen LogP contribution is 2.16. The second-order valence-electron chi connectivity index (χ2n) is 4.50. The van der Waals surface area contributed by atoms with E-state index in [4.69, 9.17) is 27.9 Å². The van der Waals surface area contributed by atoms with Crippen LogP contribution < -0.4 is 10.2 Å². The van der Waals surface area contributed by atoms with Crippen LogP contribution in [0.4, 0.5) is 0 Å². The molecule has 1 N–H and O–H groups in total. The van der Waals surface area contributed by atoms with E-state index in [1.807, 2.05) is 0 Å². The van der Waals surface area contributed by atoms with E-state index in [1.165, 1.54) is 6.21 Å². The van der Waals surface area contributed by atoms with Crippen molar-refractivity contribution in [2.24, 2.45) is 5.10 Å². The van der Waals surface area contributed by atoms with Gasteiger partial charge in [-0.3, -0.25) is 4.79 Å². The topological polar surface area (TPSA) is 50.7 Å². The molecule has 0 spiro atoms. The number of ether oxygens (including phenoxy) is 1. The predicted molar refractivity (Wildman–Crippen MR) is 88.7 cm³/mol. The zero-order valence-electron chi connectivity index (χ0n) is 11.8. The number of nitrogens with one attached hydrogen (secondary N) is 1. The van der Waals surface area contributed by atoms with Crippen molar-refractivity contribution in [3.05, 3.63) is 64.1 Å². The molecule has 2 aromatic carbocycles. The van der Waals surface area contributed by atoms with Crippen molar-refractivity contribution in [2.45, 2.75) is 13.0 Å². The minimum absolute atomic E-state index is 0.347. The molecule has 0 saturated carbocycles. The maximum Gasteiger partial charge on any atom is 0.280 e. The van der Waals surface area contributed by atoms with E-state index >= 15 is 0 Å². The molecule has 0 aliphatic heterocycles. The lowest BCUT2D eigenvalue weighted by Gasteiger charge is -2.12. The zero-order valence-corrected chi connectivity index (χ0v) is 13.3. The molecule has 6 heteroatoms.